The second-order valence-electron chi connectivity index (χ2n) is 22.0. The molecule has 0 amide bonds. The van der Waals surface area contributed by atoms with E-state index in [0.29, 0.717) is 19.3 Å². The Morgan fingerprint density at radius 1 is 0.274 bits per heavy atom. The number of allylic oxidation sites excluding steroid dienone is 6. The van der Waals surface area contributed by atoms with E-state index < -0.39 is 6.10 Å². The third-order valence-electron chi connectivity index (χ3n) is 14.6. The first kappa shape index (κ1) is 70.6. The Morgan fingerprint density at radius 2 is 0.507 bits per heavy atom. The van der Waals surface area contributed by atoms with Gasteiger partial charge in [-0.2, -0.15) is 0 Å². The van der Waals surface area contributed by atoms with Crippen molar-refractivity contribution >= 4 is 17.9 Å². The van der Waals surface area contributed by atoms with Gasteiger partial charge < -0.3 is 14.2 Å². The molecule has 1 atom stereocenters. The molecule has 0 aliphatic carbocycles. The summed E-state index contributed by atoms with van der Waals surface area (Å²) < 4.78 is 16.9. The van der Waals surface area contributed by atoms with Gasteiger partial charge in [-0.3, -0.25) is 14.4 Å². The molecule has 0 aromatic carbocycles. The van der Waals surface area contributed by atoms with Crippen molar-refractivity contribution < 1.29 is 28.6 Å². The van der Waals surface area contributed by atoms with Gasteiger partial charge in [0, 0.05) is 19.3 Å². The molecule has 0 heterocycles. The van der Waals surface area contributed by atoms with Crippen LogP contribution in [0.2, 0.25) is 0 Å². The number of esters is 3. The highest BCUT2D eigenvalue weighted by Crippen LogP contribution is 2.18. The van der Waals surface area contributed by atoms with Gasteiger partial charge in [0.1, 0.15) is 13.2 Å². The standard InChI is InChI=1S/C67H124O6/c1-4-7-10-13-16-19-22-24-26-28-30-31-32-33-34-35-37-38-40-42-45-48-51-54-57-60-66(69)72-63-64(62-71-65(68)59-56-53-50-47-44-21-18-15-12-9-6-3)73-67(70)61-58-55-52-49-46-43-41-39-36-29-27-25-23-20-17-14-11-8-5-2/h15,18,22,24,28,30,64H,4-14,16-17,19-21,23,25-27,29,31-63H2,1-3H3/b18-15-,24-22-,30-28-. The largest absolute Gasteiger partial charge is 0.462 e. The quantitative estimate of drug-likeness (QED) is 0.0261. The van der Waals surface area contributed by atoms with Crippen LogP contribution in [-0.4, -0.2) is 37.2 Å². The molecule has 0 saturated carbocycles. The topological polar surface area (TPSA) is 78.9 Å². The number of carbonyl (C=O) groups is 3. The first-order valence-corrected chi connectivity index (χ1v) is 32.5. The molecule has 0 aliphatic heterocycles. The zero-order chi connectivity index (χ0) is 52.9. The Kier molecular flexibility index (Phi) is 60.2. The van der Waals surface area contributed by atoms with Crippen molar-refractivity contribution in [1.29, 1.82) is 0 Å². The Balaban J connectivity index is 4.21. The lowest BCUT2D eigenvalue weighted by Crippen LogP contribution is -2.30. The van der Waals surface area contributed by atoms with Crippen molar-refractivity contribution in [2.45, 2.75) is 361 Å². The molecule has 428 valence electrons. The van der Waals surface area contributed by atoms with Crippen LogP contribution in [0, 0.1) is 0 Å². The summed E-state index contributed by atoms with van der Waals surface area (Å²) in [6.07, 6.45) is 75.9. The number of hydrogen-bond acceptors (Lipinski definition) is 6. The minimum Gasteiger partial charge on any atom is -0.462 e. The average Bonchev–Trinajstić information content (AvgIpc) is 3.39. The summed E-state index contributed by atoms with van der Waals surface area (Å²) in [4.78, 5) is 38.2. The highest BCUT2D eigenvalue weighted by atomic mass is 16.6. The fraction of sp³-hybridized carbons (Fsp3) is 0.866. The Hall–Kier alpha value is -2.37. The van der Waals surface area contributed by atoms with Crippen LogP contribution in [0.5, 0.6) is 0 Å². The van der Waals surface area contributed by atoms with E-state index in [1.54, 1.807) is 0 Å². The molecule has 0 bridgehead atoms. The molecule has 1 unspecified atom stereocenters. The Morgan fingerprint density at radius 3 is 0.808 bits per heavy atom. The van der Waals surface area contributed by atoms with E-state index in [9.17, 15) is 14.4 Å². The van der Waals surface area contributed by atoms with Gasteiger partial charge in [-0.25, -0.2) is 0 Å². The van der Waals surface area contributed by atoms with Crippen LogP contribution < -0.4 is 0 Å². The second-order valence-corrected chi connectivity index (χ2v) is 22.0. The third kappa shape index (κ3) is 60.4. The van der Waals surface area contributed by atoms with Crippen molar-refractivity contribution in [2.75, 3.05) is 13.2 Å². The van der Waals surface area contributed by atoms with Crippen molar-refractivity contribution in [3.63, 3.8) is 0 Å². The number of rotatable bonds is 60. The van der Waals surface area contributed by atoms with Gasteiger partial charge in [-0.1, -0.05) is 301 Å². The molecular weight excluding hydrogens is 901 g/mol. The lowest BCUT2D eigenvalue weighted by molar-refractivity contribution is -0.167. The summed E-state index contributed by atoms with van der Waals surface area (Å²) in [7, 11) is 0. The maximum atomic E-state index is 12.9. The predicted molar refractivity (Wildman–Crippen MR) is 316 cm³/mol. The van der Waals surface area contributed by atoms with Crippen molar-refractivity contribution in [3.8, 4) is 0 Å². The molecule has 0 aromatic rings. The molecule has 0 fully saturated rings. The maximum Gasteiger partial charge on any atom is 0.306 e. The van der Waals surface area contributed by atoms with Crippen molar-refractivity contribution in [3.05, 3.63) is 36.5 Å². The molecule has 0 saturated heterocycles. The van der Waals surface area contributed by atoms with Crippen LogP contribution >= 0.6 is 0 Å². The van der Waals surface area contributed by atoms with Crippen LogP contribution in [-0.2, 0) is 28.6 Å². The predicted octanol–water partition coefficient (Wildman–Crippen LogP) is 22.0. The maximum absolute atomic E-state index is 12.9. The SMILES string of the molecule is CCCC/C=C\CCCCCCCC(=O)OCC(COC(=O)CCCCCCCCCCCCCCC/C=C\C/C=C\CCCCCCC)OC(=O)CCCCCCCCCCCCCCCCCCCCC. The zero-order valence-corrected chi connectivity index (χ0v) is 49.2. The van der Waals surface area contributed by atoms with Crippen molar-refractivity contribution in [1.82, 2.24) is 0 Å². The normalized spacial score (nSPS) is 12.2. The summed E-state index contributed by atoms with van der Waals surface area (Å²) >= 11 is 0. The fourth-order valence-electron chi connectivity index (χ4n) is 9.69. The van der Waals surface area contributed by atoms with E-state index in [1.165, 1.54) is 244 Å². The molecule has 0 spiro atoms. The summed E-state index contributed by atoms with van der Waals surface area (Å²) in [6, 6.07) is 0. The van der Waals surface area contributed by atoms with Crippen LogP contribution in [0.15, 0.2) is 36.5 Å². The van der Waals surface area contributed by atoms with Crippen LogP contribution in [0.3, 0.4) is 0 Å². The van der Waals surface area contributed by atoms with E-state index in [2.05, 4.69) is 57.2 Å². The highest BCUT2D eigenvalue weighted by Gasteiger charge is 2.19. The van der Waals surface area contributed by atoms with Gasteiger partial charge in [0.2, 0.25) is 0 Å². The van der Waals surface area contributed by atoms with E-state index in [1.807, 2.05) is 0 Å². The third-order valence-corrected chi connectivity index (χ3v) is 14.6. The monoisotopic (exact) mass is 1020 g/mol. The van der Waals surface area contributed by atoms with Gasteiger partial charge in [-0.05, 0) is 70.6 Å². The Labute approximate surface area is 455 Å². The summed E-state index contributed by atoms with van der Waals surface area (Å²) in [5.41, 5.74) is 0. The number of hydrogen-bond donors (Lipinski definition) is 0. The van der Waals surface area contributed by atoms with Crippen LogP contribution in [0.25, 0.3) is 0 Å². The number of ether oxygens (including phenoxy) is 3. The average molecular weight is 1030 g/mol. The minimum absolute atomic E-state index is 0.0707. The molecule has 6 heteroatoms. The van der Waals surface area contributed by atoms with Gasteiger partial charge in [0.15, 0.2) is 6.10 Å². The van der Waals surface area contributed by atoms with E-state index >= 15 is 0 Å². The first-order valence-electron chi connectivity index (χ1n) is 32.5. The van der Waals surface area contributed by atoms with Crippen molar-refractivity contribution in [2.24, 2.45) is 0 Å². The lowest BCUT2D eigenvalue weighted by Gasteiger charge is -2.18. The molecule has 0 radical (unpaired) electrons. The van der Waals surface area contributed by atoms with E-state index in [-0.39, 0.29) is 31.1 Å². The zero-order valence-electron chi connectivity index (χ0n) is 49.2. The van der Waals surface area contributed by atoms with Crippen LogP contribution in [0.1, 0.15) is 355 Å². The van der Waals surface area contributed by atoms with E-state index in [0.717, 1.165) is 70.6 Å². The second kappa shape index (κ2) is 62.2. The molecule has 0 aromatic heterocycles. The van der Waals surface area contributed by atoms with Gasteiger partial charge in [0.25, 0.3) is 0 Å². The van der Waals surface area contributed by atoms with E-state index in [4.69, 9.17) is 14.2 Å². The summed E-state index contributed by atoms with van der Waals surface area (Å²) in [5, 5.41) is 0. The molecule has 6 nitrogen and oxygen atoms in total. The fourth-order valence-corrected chi connectivity index (χ4v) is 9.69. The minimum atomic E-state index is -0.773. The smallest absolute Gasteiger partial charge is 0.306 e. The molecule has 73 heavy (non-hydrogen) atoms. The Bertz CT molecular complexity index is 1220. The molecular formula is C67H124O6. The molecule has 0 rings (SSSR count). The first-order chi connectivity index (χ1) is 36.0. The highest BCUT2D eigenvalue weighted by molar-refractivity contribution is 5.71. The number of carbonyl (C=O) groups excluding carboxylic acids is 3. The number of unbranched alkanes of at least 4 members (excludes halogenated alkanes) is 43. The molecule has 0 N–H and O–H groups in total. The molecule has 0 aliphatic rings. The van der Waals surface area contributed by atoms with Crippen LogP contribution in [0.4, 0.5) is 0 Å². The summed E-state index contributed by atoms with van der Waals surface area (Å²) in [6.45, 7) is 6.64. The van der Waals surface area contributed by atoms with Gasteiger partial charge in [0.05, 0.1) is 0 Å². The summed E-state index contributed by atoms with van der Waals surface area (Å²) in [5.74, 6) is -0.858. The van der Waals surface area contributed by atoms with Gasteiger partial charge >= 0.3 is 17.9 Å². The van der Waals surface area contributed by atoms with Gasteiger partial charge in [-0.15, -0.1) is 0 Å². The lowest BCUT2D eigenvalue weighted by atomic mass is 10.0.